The Labute approximate surface area is 93.0 Å². The fourth-order valence-corrected chi connectivity index (χ4v) is 1.21. The first-order chi connectivity index (χ1) is 7.02. The van der Waals surface area contributed by atoms with Crippen molar-refractivity contribution in [2.75, 3.05) is 27.2 Å². The second-order valence-electron chi connectivity index (χ2n) is 4.01. The van der Waals surface area contributed by atoms with Crippen LogP contribution in [0, 0.1) is 0 Å². The van der Waals surface area contributed by atoms with Crippen LogP contribution in [0.4, 0.5) is 0 Å². The second-order valence-corrected chi connectivity index (χ2v) is 4.01. The maximum absolute atomic E-state index is 11.3. The summed E-state index contributed by atoms with van der Waals surface area (Å²) in [5, 5.41) is 3.19. The van der Waals surface area contributed by atoms with Gasteiger partial charge in [0.2, 0.25) is 0 Å². The van der Waals surface area contributed by atoms with Gasteiger partial charge in [-0.1, -0.05) is 6.92 Å². The zero-order chi connectivity index (χ0) is 11.8. The summed E-state index contributed by atoms with van der Waals surface area (Å²) in [5.41, 5.74) is 0. The molecule has 0 aromatic rings. The average Bonchev–Trinajstić information content (AvgIpc) is 2.22. The van der Waals surface area contributed by atoms with Gasteiger partial charge in [-0.2, -0.15) is 0 Å². The molecule has 0 aliphatic rings. The van der Waals surface area contributed by atoms with E-state index in [0.29, 0.717) is 6.04 Å². The first-order valence-electron chi connectivity index (χ1n) is 5.54. The molecule has 0 aliphatic heterocycles. The van der Waals surface area contributed by atoms with E-state index in [1.807, 2.05) is 6.92 Å². The number of ether oxygens (including phenoxy) is 1. The number of nitrogens with zero attached hydrogens (tertiary/aromatic N) is 1. The Morgan fingerprint density at radius 3 is 2.47 bits per heavy atom. The normalized spacial score (nSPS) is 13.3. The highest BCUT2D eigenvalue weighted by atomic mass is 16.5. The molecule has 4 heteroatoms. The van der Waals surface area contributed by atoms with Crippen LogP contribution in [0.25, 0.3) is 0 Å². The van der Waals surface area contributed by atoms with E-state index in [4.69, 9.17) is 4.74 Å². The van der Waals surface area contributed by atoms with Crippen molar-refractivity contribution in [3.63, 3.8) is 0 Å². The van der Waals surface area contributed by atoms with Gasteiger partial charge in [0, 0.05) is 19.1 Å². The highest BCUT2D eigenvalue weighted by Crippen LogP contribution is 1.95. The standard InChI is InChI=1S/C11H24N2O2/c1-6-10(11(14)15-5)12-7-8-13(4)9(2)3/h9-10,12H,6-8H2,1-5H3. The van der Waals surface area contributed by atoms with Crippen LogP contribution in [0.5, 0.6) is 0 Å². The van der Waals surface area contributed by atoms with Crippen LogP contribution in [0.3, 0.4) is 0 Å². The van der Waals surface area contributed by atoms with Gasteiger partial charge in [-0.15, -0.1) is 0 Å². The van der Waals surface area contributed by atoms with Crippen LogP contribution in [-0.2, 0) is 9.53 Å². The highest BCUT2D eigenvalue weighted by Gasteiger charge is 2.15. The molecule has 15 heavy (non-hydrogen) atoms. The summed E-state index contributed by atoms with van der Waals surface area (Å²) in [6.45, 7) is 8.02. The Hall–Kier alpha value is -0.610. The molecule has 90 valence electrons. The molecule has 0 aromatic carbocycles. The van der Waals surface area contributed by atoms with E-state index in [1.54, 1.807) is 0 Å². The first-order valence-corrected chi connectivity index (χ1v) is 5.54. The molecule has 4 nitrogen and oxygen atoms in total. The molecule has 1 unspecified atom stereocenters. The lowest BCUT2D eigenvalue weighted by Gasteiger charge is -2.22. The van der Waals surface area contributed by atoms with E-state index in [0.717, 1.165) is 19.5 Å². The molecule has 0 saturated carbocycles. The topological polar surface area (TPSA) is 41.6 Å². The predicted molar refractivity (Wildman–Crippen MR) is 61.9 cm³/mol. The minimum atomic E-state index is -0.176. The summed E-state index contributed by atoms with van der Waals surface area (Å²) in [5.74, 6) is -0.176. The van der Waals surface area contributed by atoms with Crippen LogP contribution in [0.1, 0.15) is 27.2 Å². The maximum Gasteiger partial charge on any atom is 0.322 e. The monoisotopic (exact) mass is 216 g/mol. The van der Waals surface area contributed by atoms with Crippen molar-refractivity contribution < 1.29 is 9.53 Å². The van der Waals surface area contributed by atoms with Crippen molar-refractivity contribution in [2.45, 2.75) is 39.3 Å². The summed E-state index contributed by atoms with van der Waals surface area (Å²) < 4.78 is 4.69. The molecule has 0 aromatic heterocycles. The molecular formula is C11H24N2O2. The average molecular weight is 216 g/mol. The summed E-state index contributed by atoms with van der Waals surface area (Å²) in [6, 6.07) is 0.362. The minimum absolute atomic E-state index is 0.171. The first kappa shape index (κ1) is 14.4. The molecule has 0 rings (SSSR count). The van der Waals surface area contributed by atoms with Gasteiger partial charge in [0.05, 0.1) is 7.11 Å². The summed E-state index contributed by atoms with van der Waals surface area (Å²) >= 11 is 0. The maximum atomic E-state index is 11.3. The number of carbonyl (C=O) groups is 1. The van der Waals surface area contributed by atoms with Crippen molar-refractivity contribution >= 4 is 5.97 Å². The van der Waals surface area contributed by atoms with Crippen molar-refractivity contribution in [1.82, 2.24) is 10.2 Å². The quantitative estimate of drug-likeness (QED) is 0.641. The van der Waals surface area contributed by atoms with Crippen molar-refractivity contribution in [1.29, 1.82) is 0 Å². The van der Waals surface area contributed by atoms with E-state index >= 15 is 0 Å². The number of rotatable bonds is 7. The molecule has 0 amide bonds. The Balaban J connectivity index is 3.77. The molecule has 0 heterocycles. The largest absolute Gasteiger partial charge is 0.468 e. The number of nitrogens with one attached hydrogen (secondary N) is 1. The molecule has 0 bridgehead atoms. The number of hydrogen-bond acceptors (Lipinski definition) is 4. The number of methoxy groups -OCH3 is 1. The molecule has 1 N–H and O–H groups in total. The van der Waals surface area contributed by atoms with Crippen LogP contribution in [0.2, 0.25) is 0 Å². The fourth-order valence-electron chi connectivity index (χ4n) is 1.21. The zero-order valence-electron chi connectivity index (χ0n) is 10.5. The van der Waals surface area contributed by atoms with Crippen molar-refractivity contribution in [3.05, 3.63) is 0 Å². The van der Waals surface area contributed by atoms with Crippen LogP contribution in [0.15, 0.2) is 0 Å². The summed E-state index contributed by atoms with van der Waals surface area (Å²) in [6.07, 6.45) is 0.762. The molecule has 0 radical (unpaired) electrons. The fraction of sp³-hybridized carbons (Fsp3) is 0.909. The van der Waals surface area contributed by atoms with Crippen molar-refractivity contribution in [2.24, 2.45) is 0 Å². The number of carbonyl (C=O) groups excluding carboxylic acids is 1. The van der Waals surface area contributed by atoms with Crippen LogP contribution >= 0.6 is 0 Å². The molecule has 0 saturated heterocycles. The lowest BCUT2D eigenvalue weighted by Crippen LogP contribution is -2.42. The number of hydrogen-bond donors (Lipinski definition) is 1. The SMILES string of the molecule is CCC(NCCN(C)C(C)C)C(=O)OC. The zero-order valence-corrected chi connectivity index (χ0v) is 10.5. The van der Waals surface area contributed by atoms with Gasteiger partial charge in [-0.05, 0) is 27.3 Å². The molecule has 0 spiro atoms. The van der Waals surface area contributed by atoms with E-state index in [2.05, 4.69) is 31.1 Å². The molecular weight excluding hydrogens is 192 g/mol. The minimum Gasteiger partial charge on any atom is -0.468 e. The van der Waals surface area contributed by atoms with Crippen LogP contribution in [-0.4, -0.2) is 50.2 Å². The van der Waals surface area contributed by atoms with Gasteiger partial charge < -0.3 is 15.0 Å². The van der Waals surface area contributed by atoms with E-state index in [9.17, 15) is 4.79 Å². The third kappa shape index (κ3) is 5.74. The Bertz CT molecular complexity index is 183. The molecule has 0 fully saturated rings. The summed E-state index contributed by atoms with van der Waals surface area (Å²) in [4.78, 5) is 13.5. The van der Waals surface area contributed by atoms with Gasteiger partial charge in [0.1, 0.15) is 6.04 Å². The number of esters is 1. The van der Waals surface area contributed by atoms with Gasteiger partial charge in [-0.3, -0.25) is 4.79 Å². The molecule has 1 atom stereocenters. The van der Waals surface area contributed by atoms with Crippen LogP contribution < -0.4 is 5.32 Å². The van der Waals surface area contributed by atoms with Gasteiger partial charge in [0.15, 0.2) is 0 Å². The smallest absolute Gasteiger partial charge is 0.322 e. The lowest BCUT2D eigenvalue weighted by molar-refractivity contribution is -0.143. The third-order valence-corrected chi connectivity index (χ3v) is 2.63. The Morgan fingerprint density at radius 1 is 1.47 bits per heavy atom. The number of likely N-dealkylation sites (N-methyl/N-ethyl adjacent to an activating group) is 1. The summed E-state index contributed by atoms with van der Waals surface area (Å²) in [7, 11) is 3.50. The van der Waals surface area contributed by atoms with Gasteiger partial charge >= 0.3 is 5.97 Å². The second kappa shape index (κ2) is 7.65. The Kier molecular flexibility index (Phi) is 7.34. The third-order valence-electron chi connectivity index (χ3n) is 2.63. The van der Waals surface area contributed by atoms with E-state index in [1.165, 1.54) is 7.11 Å². The van der Waals surface area contributed by atoms with Gasteiger partial charge in [-0.25, -0.2) is 0 Å². The Morgan fingerprint density at radius 2 is 2.07 bits per heavy atom. The predicted octanol–water partition coefficient (Wildman–Crippen LogP) is 0.868. The van der Waals surface area contributed by atoms with Crippen molar-refractivity contribution in [3.8, 4) is 0 Å². The lowest BCUT2D eigenvalue weighted by atomic mass is 10.2. The van der Waals surface area contributed by atoms with E-state index in [-0.39, 0.29) is 12.0 Å². The molecule has 0 aliphatic carbocycles. The van der Waals surface area contributed by atoms with Gasteiger partial charge in [0.25, 0.3) is 0 Å². The highest BCUT2D eigenvalue weighted by molar-refractivity contribution is 5.75. The van der Waals surface area contributed by atoms with E-state index < -0.39 is 0 Å².